The van der Waals surface area contributed by atoms with Crippen molar-refractivity contribution >= 4 is 17.5 Å². The molecule has 0 radical (unpaired) electrons. The van der Waals surface area contributed by atoms with Gasteiger partial charge in [-0.2, -0.15) is 0 Å². The molecule has 0 saturated heterocycles. The Bertz CT molecular complexity index is 767. The lowest BCUT2D eigenvalue weighted by Crippen LogP contribution is -1.96. The van der Waals surface area contributed by atoms with Crippen LogP contribution in [0.2, 0.25) is 0 Å². The summed E-state index contributed by atoms with van der Waals surface area (Å²) < 4.78 is 10.4. The van der Waals surface area contributed by atoms with Crippen molar-refractivity contribution in [1.82, 2.24) is 0 Å². The first kappa shape index (κ1) is 16.2. The van der Waals surface area contributed by atoms with Gasteiger partial charge in [0, 0.05) is 23.3 Å². The summed E-state index contributed by atoms with van der Waals surface area (Å²) >= 11 is 0. The number of rotatable bonds is 6. The van der Waals surface area contributed by atoms with Gasteiger partial charge in [-0.3, -0.25) is 14.9 Å². The summed E-state index contributed by atoms with van der Waals surface area (Å²) in [6.07, 6.45) is 2.93. The highest BCUT2D eigenvalue weighted by molar-refractivity contribution is 6.07. The second-order valence-corrected chi connectivity index (χ2v) is 4.61. The van der Waals surface area contributed by atoms with Gasteiger partial charge in [0.25, 0.3) is 5.69 Å². The molecule has 2 aromatic carbocycles. The van der Waals surface area contributed by atoms with Gasteiger partial charge in [0.2, 0.25) is 0 Å². The number of nitro benzene ring substituents is 1. The topological polar surface area (TPSA) is 78.7 Å². The third-order valence-electron chi connectivity index (χ3n) is 3.19. The fraction of sp³-hybridized carbons (Fsp3) is 0.118. The number of ketones is 1. The number of ether oxygens (including phenoxy) is 2. The van der Waals surface area contributed by atoms with Crippen LogP contribution in [0.3, 0.4) is 0 Å². The van der Waals surface area contributed by atoms with E-state index >= 15 is 0 Å². The summed E-state index contributed by atoms with van der Waals surface area (Å²) in [4.78, 5) is 22.4. The van der Waals surface area contributed by atoms with E-state index in [9.17, 15) is 14.9 Å². The minimum atomic E-state index is -0.536. The molecule has 23 heavy (non-hydrogen) atoms. The molecule has 0 aromatic heterocycles. The van der Waals surface area contributed by atoms with Crippen molar-refractivity contribution < 1.29 is 19.2 Å². The third kappa shape index (κ3) is 3.94. The van der Waals surface area contributed by atoms with Crippen LogP contribution in [0.4, 0.5) is 5.69 Å². The van der Waals surface area contributed by atoms with Crippen molar-refractivity contribution in [2.24, 2.45) is 0 Å². The van der Waals surface area contributed by atoms with Gasteiger partial charge < -0.3 is 9.47 Å². The standard InChI is InChI=1S/C17H15NO5/c1-22-15-7-9-17(23-2)13(11-15)6-8-16(19)12-4-3-5-14(10-12)18(20)21/h3-11H,1-2H3. The van der Waals surface area contributed by atoms with Crippen LogP contribution in [-0.2, 0) is 0 Å². The van der Waals surface area contributed by atoms with Gasteiger partial charge in [-0.05, 0) is 30.4 Å². The van der Waals surface area contributed by atoms with E-state index in [-0.39, 0.29) is 17.0 Å². The van der Waals surface area contributed by atoms with E-state index in [0.717, 1.165) is 0 Å². The molecule has 0 aliphatic rings. The highest BCUT2D eigenvalue weighted by Crippen LogP contribution is 2.25. The van der Waals surface area contributed by atoms with E-state index < -0.39 is 4.92 Å². The zero-order valence-corrected chi connectivity index (χ0v) is 12.7. The number of allylic oxidation sites excluding steroid dienone is 1. The first-order chi connectivity index (χ1) is 11.0. The van der Waals surface area contributed by atoms with Crippen LogP contribution in [-0.4, -0.2) is 24.9 Å². The van der Waals surface area contributed by atoms with Crippen LogP contribution in [0.1, 0.15) is 15.9 Å². The molecule has 6 heteroatoms. The van der Waals surface area contributed by atoms with E-state index in [1.165, 1.54) is 37.5 Å². The molecule has 0 saturated carbocycles. The summed E-state index contributed by atoms with van der Waals surface area (Å²) in [6.45, 7) is 0. The minimum absolute atomic E-state index is 0.122. The summed E-state index contributed by atoms with van der Waals surface area (Å²) in [5.74, 6) is 0.890. The van der Waals surface area contributed by atoms with Crippen LogP contribution >= 0.6 is 0 Å². The normalized spacial score (nSPS) is 10.5. The van der Waals surface area contributed by atoms with E-state index in [0.29, 0.717) is 17.1 Å². The predicted octanol–water partition coefficient (Wildman–Crippen LogP) is 3.51. The largest absolute Gasteiger partial charge is 0.497 e. The van der Waals surface area contributed by atoms with Crippen molar-refractivity contribution in [2.45, 2.75) is 0 Å². The summed E-state index contributed by atoms with van der Waals surface area (Å²) in [7, 11) is 3.07. The Morgan fingerprint density at radius 3 is 2.57 bits per heavy atom. The number of non-ortho nitro benzene ring substituents is 1. The number of benzene rings is 2. The molecule has 2 aromatic rings. The Morgan fingerprint density at radius 2 is 1.91 bits per heavy atom. The van der Waals surface area contributed by atoms with E-state index in [4.69, 9.17) is 9.47 Å². The average Bonchev–Trinajstić information content (AvgIpc) is 2.59. The van der Waals surface area contributed by atoms with Crippen molar-refractivity contribution in [3.05, 3.63) is 69.8 Å². The zero-order chi connectivity index (χ0) is 16.8. The Hall–Kier alpha value is -3.15. The number of nitro groups is 1. The second kappa shape index (κ2) is 7.22. The fourth-order valence-electron chi connectivity index (χ4n) is 2.00. The van der Waals surface area contributed by atoms with Crippen molar-refractivity contribution in [3.63, 3.8) is 0 Å². The zero-order valence-electron chi connectivity index (χ0n) is 12.7. The molecule has 0 N–H and O–H groups in total. The molecule has 0 unspecified atom stereocenters. The van der Waals surface area contributed by atoms with Crippen LogP contribution in [0.25, 0.3) is 6.08 Å². The molecule has 0 fully saturated rings. The van der Waals surface area contributed by atoms with Crippen molar-refractivity contribution in [1.29, 1.82) is 0 Å². The van der Waals surface area contributed by atoms with Crippen LogP contribution in [0.15, 0.2) is 48.5 Å². The molecule has 0 aliphatic carbocycles. The first-order valence-electron chi connectivity index (χ1n) is 6.74. The van der Waals surface area contributed by atoms with Gasteiger partial charge in [-0.25, -0.2) is 0 Å². The molecule has 0 bridgehead atoms. The molecular formula is C17H15NO5. The summed E-state index contributed by atoms with van der Waals surface area (Å²) in [5.41, 5.74) is 0.797. The Labute approximate surface area is 133 Å². The van der Waals surface area contributed by atoms with Gasteiger partial charge in [-0.1, -0.05) is 12.1 Å². The Kier molecular flexibility index (Phi) is 5.09. The lowest BCUT2D eigenvalue weighted by molar-refractivity contribution is -0.384. The van der Waals surface area contributed by atoms with E-state index in [2.05, 4.69) is 0 Å². The van der Waals surface area contributed by atoms with Crippen LogP contribution in [0.5, 0.6) is 11.5 Å². The molecule has 118 valence electrons. The number of nitrogens with zero attached hydrogens (tertiary/aromatic N) is 1. The fourth-order valence-corrected chi connectivity index (χ4v) is 2.00. The second-order valence-electron chi connectivity index (χ2n) is 4.61. The average molecular weight is 313 g/mol. The van der Waals surface area contributed by atoms with Gasteiger partial charge in [-0.15, -0.1) is 0 Å². The quantitative estimate of drug-likeness (QED) is 0.353. The van der Waals surface area contributed by atoms with Crippen LogP contribution in [0, 0.1) is 10.1 Å². The molecule has 0 spiro atoms. The molecule has 0 aliphatic heterocycles. The first-order valence-corrected chi connectivity index (χ1v) is 6.74. The molecule has 2 rings (SSSR count). The number of methoxy groups -OCH3 is 2. The lowest BCUT2D eigenvalue weighted by Gasteiger charge is -2.07. The number of carbonyl (C=O) groups excluding carboxylic acids is 1. The number of hydrogen-bond acceptors (Lipinski definition) is 5. The summed E-state index contributed by atoms with van der Waals surface area (Å²) in [6, 6.07) is 10.8. The van der Waals surface area contributed by atoms with Crippen molar-refractivity contribution in [3.8, 4) is 11.5 Å². The minimum Gasteiger partial charge on any atom is -0.497 e. The van der Waals surface area contributed by atoms with Gasteiger partial charge in [0.05, 0.1) is 19.1 Å². The highest BCUT2D eigenvalue weighted by atomic mass is 16.6. The smallest absolute Gasteiger partial charge is 0.270 e. The van der Waals surface area contributed by atoms with E-state index in [1.807, 2.05) is 0 Å². The van der Waals surface area contributed by atoms with Gasteiger partial charge in [0.1, 0.15) is 11.5 Å². The van der Waals surface area contributed by atoms with Gasteiger partial charge in [0.15, 0.2) is 5.78 Å². The third-order valence-corrected chi connectivity index (χ3v) is 3.19. The lowest BCUT2D eigenvalue weighted by atomic mass is 10.1. The Morgan fingerprint density at radius 1 is 1.13 bits per heavy atom. The van der Waals surface area contributed by atoms with Gasteiger partial charge >= 0.3 is 0 Å². The molecule has 0 amide bonds. The molecular weight excluding hydrogens is 298 g/mol. The molecule has 0 heterocycles. The maximum Gasteiger partial charge on any atom is 0.270 e. The SMILES string of the molecule is COc1ccc(OC)c(C=CC(=O)c2cccc([N+](=O)[O-])c2)c1. The van der Waals surface area contributed by atoms with Crippen molar-refractivity contribution in [2.75, 3.05) is 14.2 Å². The maximum absolute atomic E-state index is 12.2. The maximum atomic E-state index is 12.2. The monoisotopic (exact) mass is 313 g/mol. The molecule has 0 atom stereocenters. The van der Waals surface area contributed by atoms with Crippen LogP contribution < -0.4 is 9.47 Å². The molecule has 6 nitrogen and oxygen atoms in total. The number of carbonyl (C=O) groups is 1. The number of hydrogen-bond donors (Lipinski definition) is 0. The Balaban J connectivity index is 2.27. The predicted molar refractivity (Wildman–Crippen MR) is 86.0 cm³/mol. The highest BCUT2D eigenvalue weighted by Gasteiger charge is 2.10. The van der Waals surface area contributed by atoms with E-state index in [1.54, 1.807) is 31.4 Å². The summed E-state index contributed by atoms with van der Waals surface area (Å²) in [5, 5.41) is 10.8.